The minimum absolute atomic E-state index is 0.167. The van der Waals surface area contributed by atoms with E-state index in [0.717, 1.165) is 24.1 Å². The quantitative estimate of drug-likeness (QED) is 0.679. The van der Waals surface area contributed by atoms with E-state index in [2.05, 4.69) is 0 Å². The first-order valence-electron chi connectivity index (χ1n) is 5.32. The molecule has 0 amide bonds. The van der Waals surface area contributed by atoms with Gasteiger partial charge < -0.3 is 5.73 Å². The van der Waals surface area contributed by atoms with Crippen LogP contribution in [0.3, 0.4) is 0 Å². The van der Waals surface area contributed by atoms with Crippen LogP contribution in [0, 0.1) is 5.82 Å². The standard InChI is InChI=1S/C12H16FN/c13-10-6-7-12(14)11(8-10)9-4-2-1-3-5-9/h6-9H,1-5,14H2. The van der Waals surface area contributed by atoms with Crippen LogP contribution in [-0.4, -0.2) is 0 Å². The molecule has 0 unspecified atom stereocenters. The Morgan fingerprint density at radius 2 is 1.86 bits per heavy atom. The number of halogens is 1. The van der Waals surface area contributed by atoms with E-state index in [1.54, 1.807) is 12.1 Å². The maximum Gasteiger partial charge on any atom is 0.123 e. The molecule has 0 aromatic heterocycles. The summed E-state index contributed by atoms with van der Waals surface area (Å²) in [5, 5.41) is 0. The number of nitrogen functional groups attached to an aromatic ring is 1. The Kier molecular flexibility index (Phi) is 2.71. The lowest BCUT2D eigenvalue weighted by atomic mass is 9.83. The van der Waals surface area contributed by atoms with Gasteiger partial charge in [0.1, 0.15) is 5.82 Å². The summed E-state index contributed by atoms with van der Waals surface area (Å²) in [4.78, 5) is 0. The Bertz CT molecular complexity index is 316. The van der Waals surface area contributed by atoms with Crippen LogP contribution in [0.15, 0.2) is 18.2 Å². The lowest BCUT2D eigenvalue weighted by Crippen LogP contribution is -2.07. The summed E-state index contributed by atoms with van der Waals surface area (Å²) in [6, 6.07) is 4.71. The van der Waals surface area contributed by atoms with Crippen LogP contribution in [0.4, 0.5) is 10.1 Å². The zero-order chi connectivity index (χ0) is 9.97. The summed E-state index contributed by atoms with van der Waals surface area (Å²) in [6.45, 7) is 0. The molecule has 1 aromatic rings. The van der Waals surface area contributed by atoms with Crippen LogP contribution in [0.1, 0.15) is 43.6 Å². The fourth-order valence-corrected chi connectivity index (χ4v) is 2.31. The van der Waals surface area contributed by atoms with Gasteiger partial charge in [-0.1, -0.05) is 19.3 Å². The fourth-order valence-electron chi connectivity index (χ4n) is 2.31. The predicted molar refractivity (Wildman–Crippen MR) is 56.6 cm³/mol. The van der Waals surface area contributed by atoms with Crippen molar-refractivity contribution in [2.75, 3.05) is 5.73 Å². The molecule has 2 heteroatoms. The van der Waals surface area contributed by atoms with E-state index in [1.807, 2.05) is 0 Å². The minimum atomic E-state index is -0.167. The summed E-state index contributed by atoms with van der Waals surface area (Å²) in [6.07, 6.45) is 6.13. The summed E-state index contributed by atoms with van der Waals surface area (Å²) < 4.78 is 13.0. The molecular formula is C12H16FN. The van der Waals surface area contributed by atoms with Gasteiger partial charge >= 0.3 is 0 Å². The SMILES string of the molecule is Nc1ccc(F)cc1C1CCCCC1. The van der Waals surface area contributed by atoms with Crippen LogP contribution < -0.4 is 5.73 Å². The van der Waals surface area contributed by atoms with Crippen LogP contribution >= 0.6 is 0 Å². The van der Waals surface area contributed by atoms with Crippen molar-refractivity contribution >= 4 is 5.69 Å². The molecule has 1 saturated carbocycles. The highest BCUT2D eigenvalue weighted by molar-refractivity contribution is 5.48. The second kappa shape index (κ2) is 3.99. The van der Waals surface area contributed by atoms with Crippen LogP contribution in [0.5, 0.6) is 0 Å². The summed E-state index contributed by atoms with van der Waals surface area (Å²) in [7, 11) is 0. The number of benzene rings is 1. The average molecular weight is 193 g/mol. The second-order valence-corrected chi connectivity index (χ2v) is 4.11. The molecule has 1 aliphatic carbocycles. The van der Waals surface area contributed by atoms with E-state index in [-0.39, 0.29) is 5.82 Å². The average Bonchev–Trinajstić information content (AvgIpc) is 2.23. The van der Waals surface area contributed by atoms with Gasteiger partial charge in [-0.05, 0) is 42.5 Å². The Hall–Kier alpha value is -1.05. The minimum Gasteiger partial charge on any atom is -0.398 e. The molecule has 0 spiro atoms. The molecule has 0 aliphatic heterocycles. The molecule has 76 valence electrons. The Morgan fingerprint density at radius 1 is 1.14 bits per heavy atom. The third-order valence-corrected chi connectivity index (χ3v) is 3.09. The number of anilines is 1. The molecule has 0 radical (unpaired) electrons. The van der Waals surface area contributed by atoms with Crippen molar-refractivity contribution < 1.29 is 4.39 Å². The lowest BCUT2D eigenvalue weighted by molar-refractivity contribution is 0.443. The van der Waals surface area contributed by atoms with Crippen molar-refractivity contribution in [2.24, 2.45) is 0 Å². The molecule has 1 nitrogen and oxygen atoms in total. The van der Waals surface area contributed by atoms with Crippen molar-refractivity contribution in [2.45, 2.75) is 38.0 Å². The van der Waals surface area contributed by atoms with Gasteiger partial charge in [-0.15, -0.1) is 0 Å². The smallest absolute Gasteiger partial charge is 0.123 e. The van der Waals surface area contributed by atoms with Gasteiger partial charge in [0.05, 0.1) is 0 Å². The predicted octanol–water partition coefficient (Wildman–Crippen LogP) is 3.46. The summed E-state index contributed by atoms with van der Waals surface area (Å²) >= 11 is 0. The number of hydrogen-bond donors (Lipinski definition) is 1. The van der Waals surface area contributed by atoms with E-state index < -0.39 is 0 Å². The maximum atomic E-state index is 13.0. The molecule has 1 fully saturated rings. The third-order valence-electron chi connectivity index (χ3n) is 3.09. The highest BCUT2D eigenvalue weighted by Gasteiger charge is 2.17. The second-order valence-electron chi connectivity index (χ2n) is 4.11. The summed E-state index contributed by atoms with van der Waals surface area (Å²) in [5.74, 6) is 0.319. The van der Waals surface area contributed by atoms with E-state index in [4.69, 9.17) is 5.73 Å². The van der Waals surface area contributed by atoms with E-state index in [9.17, 15) is 4.39 Å². The number of nitrogens with two attached hydrogens (primary N) is 1. The molecule has 1 aromatic carbocycles. The first-order chi connectivity index (χ1) is 6.77. The Morgan fingerprint density at radius 3 is 2.57 bits per heavy atom. The van der Waals surface area contributed by atoms with Gasteiger partial charge in [-0.3, -0.25) is 0 Å². The molecule has 0 atom stereocenters. The zero-order valence-corrected chi connectivity index (χ0v) is 8.30. The van der Waals surface area contributed by atoms with Gasteiger partial charge in [-0.25, -0.2) is 4.39 Å². The van der Waals surface area contributed by atoms with Crippen molar-refractivity contribution in [3.05, 3.63) is 29.6 Å². The van der Waals surface area contributed by atoms with Crippen molar-refractivity contribution in [1.29, 1.82) is 0 Å². The van der Waals surface area contributed by atoms with Crippen molar-refractivity contribution in [3.8, 4) is 0 Å². The van der Waals surface area contributed by atoms with Gasteiger partial charge in [0.25, 0.3) is 0 Å². The first-order valence-corrected chi connectivity index (χ1v) is 5.32. The van der Waals surface area contributed by atoms with Gasteiger partial charge in [0.2, 0.25) is 0 Å². The molecule has 1 aliphatic rings. The maximum absolute atomic E-state index is 13.0. The van der Waals surface area contributed by atoms with Crippen LogP contribution in [0.25, 0.3) is 0 Å². The molecule has 2 N–H and O–H groups in total. The normalized spacial score (nSPS) is 18.4. The van der Waals surface area contributed by atoms with Crippen molar-refractivity contribution in [3.63, 3.8) is 0 Å². The van der Waals surface area contributed by atoms with Crippen molar-refractivity contribution in [1.82, 2.24) is 0 Å². The molecule has 2 rings (SSSR count). The Labute approximate surface area is 84.1 Å². The molecule has 0 bridgehead atoms. The highest BCUT2D eigenvalue weighted by Crippen LogP contribution is 2.35. The molecule has 0 saturated heterocycles. The topological polar surface area (TPSA) is 26.0 Å². The van der Waals surface area contributed by atoms with Crippen LogP contribution in [-0.2, 0) is 0 Å². The van der Waals surface area contributed by atoms with Gasteiger partial charge in [0.15, 0.2) is 0 Å². The lowest BCUT2D eigenvalue weighted by Gasteiger charge is -2.23. The van der Waals surface area contributed by atoms with E-state index >= 15 is 0 Å². The van der Waals surface area contributed by atoms with Gasteiger partial charge in [-0.2, -0.15) is 0 Å². The number of rotatable bonds is 1. The van der Waals surface area contributed by atoms with E-state index in [1.165, 1.54) is 25.3 Å². The monoisotopic (exact) mass is 193 g/mol. The van der Waals surface area contributed by atoms with Crippen LogP contribution in [0.2, 0.25) is 0 Å². The van der Waals surface area contributed by atoms with E-state index in [0.29, 0.717) is 5.92 Å². The zero-order valence-electron chi connectivity index (χ0n) is 8.30. The third kappa shape index (κ3) is 1.89. The highest BCUT2D eigenvalue weighted by atomic mass is 19.1. The molecule has 14 heavy (non-hydrogen) atoms. The Balaban J connectivity index is 2.24. The summed E-state index contributed by atoms with van der Waals surface area (Å²) in [5.41, 5.74) is 7.62. The largest absolute Gasteiger partial charge is 0.398 e. The molecule has 0 heterocycles. The molecular weight excluding hydrogens is 177 g/mol. The number of hydrogen-bond acceptors (Lipinski definition) is 1. The fraction of sp³-hybridized carbons (Fsp3) is 0.500. The van der Waals surface area contributed by atoms with Gasteiger partial charge in [0, 0.05) is 5.69 Å². The first kappa shape index (κ1) is 9.50.